The summed E-state index contributed by atoms with van der Waals surface area (Å²) in [7, 11) is 1.55. The van der Waals surface area contributed by atoms with E-state index >= 15 is 0 Å². The van der Waals surface area contributed by atoms with Crippen molar-refractivity contribution in [2.75, 3.05) is 19.0 Å². The van der Waals surface area contributed by atoms with E-state index in [-0.39, 0.29) is 17.0 Å². The molecule has 0 saturated carbocycles. The van der Waals surface area contributed by atoms with E-state index in [1.54, 1.807) is 7.11 Å². The number of alkyl halides is 3. The van der Waals surface area contributed by atoms with Crippen LogP contribution in [-0.4, -0.2) is 29.7 Å². The van der Waals surface area contributed by atoms with Gasteiger partial charge in [0.25, 0.3) is 0 Å². The zero-order valence-electron chi connectivity index (χ0n) is 9.88. The number of hydrogen-bond donors (Lipinski definition) is 1. The molecule has 4 nitrogen and oxygen atoms in total. The molecule has 0 bridgehead atoms. The average Bonchev–Trinajstić information content (AvgIpc) is 2.24. The van der Waals surface area contributed by atoms with Crippen LogP contribution in [-0.2, 0) is 10.9 Å². The van der Waals surface area contributed by atoms with Crippen LogP contribution in [0.25, 0.3) is 0 Å². The summed E-state index contributed by atoms with van der Waals surface area (Å²) >= 11 is 5.53. The van der Waals surface area contributed by atoms with Crippen LogP contribution in [0.1, 0.15) is 19.2 Å². The molecule has 1 unspecified atom stereocenters. The van der Waals surface area contributed by atoms with Gasteiger partial charge in [-0.05, 0) is 13.3 Å². The number of nitrogens with zero attached hydrogens (tertiary/aromatic N) is 2. The fraction of sp³-hybridized carbons (Fsp3) is 0.600. The average molecular weight is 284 g/mol. The van der Waals surface area contributed by atoms with Gasteiger partial charge in [-0.1, -0.05) is 11.6 Å². The van der Waals surface area contributed by atoms with Crippen molar-refractivity contribution >= 4 is 17.4 Å². The molecular formula is C10H13ClF3N3O. The van der Waals surface area contributed by atoms with Crippen LogP contribution in [0.2, 0.25) is 5.15 Å². The van der Waals surface area contributed by atoms with Gasteiger partial charge in [0.2, 0.25) is 5.82 Å². The van der Waals surface area contributed by atoms with Crippen LogP contribution < -0.4 is 5.32 Å². The quantitative estimate of drug-likeness (QED) is 0.844. The van der Waals surface area contributed by atoms with Gasteiger partial charge in [0.05, 0.1) is 0 Å². The molecule has 0 aromatic carbocycles. The zero-order chi connectivity index (χ0) is 13.8. The highest BCUT2D eigenvalue weighted by Gasteiger charge is 2.35. The lowest BCUT2D eigenvalue weighted by Crippen LogP contribution is -2.20. The lowest BCUT2D eigenvalue weighted by Gasteiger charge is -2.15. The number of aromatic nitrogens is 2. The molecule has 1 atom stereocenters. The Morgan fingerprint density at radius 1 is 1.44 bits per heavy atom. The zero-order valence-corrected chi connectivity index (χ0v) is 10.6. The highest BCUT2D eigenvalue weighted by molar-refractivity contribution is 6.29. The molecule has 102 valence electrons. The lowest BCUT2D eigenvalue weighted by atomic mass is 10.2. The van der Waals surface area contributed by atoms with E-state index < -0.39 is 12.0 Å². The molecular weight excluding hydrogens is 271 g/mol. The van der Waals surface area contributed by atoms with Gasteiger partial charge in [-0.25, -0.2) is 9.97 Å². The van der Waals surface area contributed by atoms with Gasteiger partial charge >= 0.3 is 6.18 Å². The summed E-state index contributed by atoms with van der Waals surface area (Å²) in [6, 6.07) is 1.16. The molecule has 1 heterocycles. The molecule has 1 rings (SSSR count). The Labute approximate surface area is 108 Å². The second-order valence-electron chi connectivity index (χ2n) is 3.72. The van der Waals surface area contributed by atoms with E-state index in [0.717, 1.165) is 0 Å². The van der Waals surface area contributed by atoms with E-state index in [0.29, 0.717) is 13.0 Å². The van der Waals surface area contributed by atoms with Gasteiger partial charge in [0.15, 0.2) is 0 Å². The highest BCUT2D eigenvalue weighted by atomic mass is 35.5. The number of anilines is 1. The number of halogens is 4. The van der Waals surface area contributed by atoms with Crippen molar-refractivity contribution < 1.29 is 17.9 Å². The summed E-state index contributed by atoms with van der Waals surface area (Å²) in [5.41, 5.74) is 0. The minimum Gasteiger partial charge on any atom is -0.385 e. The molecule has 18 heavy (non-hydrogen) atoms. The summed E-state index contributed by atoms with van der Waals surface area (Å²) in [5.74, 6) is -1.21. The van der Waals surface area contributed by atoms with Gasteiger partial charge < -0.3 is 10.1 Å². The van der Waals surface area contributed by atoms with Crippen molar-refractivity contribution in [3.05, 3.63) is 17.0 Å². The first kappa shape index (κ1) is 15.0. The van der Waals surface area contributed by atoms with E-state index in [1.165, 1.54) is 6.07 Å². The normalized spacial score (nSPS) is 13.4. The minimum atomic E-state index is -4.61. The SMILES string of the molecule is COCCC(C)Nc1cc(Cl)nc(C(F)(F)F)n1. The fourth-order valence-corrected chi connectivity index (χ4v) is 1.42. The lowest BCUT2D eigenvalue weighted by molar-refractivity contribution is -0.144. The molecule has 0 radical (unpaired) electrons. The maximum absolute atomic E-state index is 12.5. The van der Waals surface area contributed by atoms with Gasteiger partial charge in [0.1, 0.15) is 11.0 Å². The van der Waals surface area contributed by atoms with Crippen molar-refractivity contribution in [3.63, 3.8) is 0 Å². The highest BCUT2D eigenvalue weighted by Crippen LogP contribution is 2.28. The Hall–Kier alpha value is -1.08. The number of methoxy groups -OCH3 is 1. The smallest absolute Gasteiger partial charge is 0.385 e. The van der Waals surface area contributed by atoms with Gasteiger partial charge in [-0.3, -0.25) is 0 Å². The Morgan fingerprint density at radius 3 is 2.67 bits per heavy atom. The van der Waals surface area contributed by atoms with Crippen molar-refractivity contribution in [1.29, 1.82) is 0 Å². The minimum absolute atomic E-state index is 0.0472. The standard InChI is InChI=1S/C10H13ClF3N3O/c1-6(3-4-18-2)15-8-5-7(11)16-9(17-8)10(12,13)14/h5-6H,3-4H2,1-2H3,(H,15,16,17). The number of ether oxygens (including phenoxy) is 1. The predicted octanol–water partition coefficient (Wildman–Crippen LogP) is 2.99. The van der Waals surface area contributed by atoms with E-state index in [1.807, 2.05) is 6.92 Å². The third-order valence-corrected chi connectivity index (χ3v) is 2.29. The molecule has 0 amide bonds. The maximum Gasteiger partial charge on any atom is 0.451 e. The summed E-state index contributed by atoms with van der Waals surface area (Å²) < 4.78 is 42.2. The Morgan fingerprint density at radius 2 is 2.11 bits per heavy atom. The molecule has 1 aromatic heterocycles. The molecule has 0 spiro atoms. The molecule has 0 aliphatic carbocycles. The molecule has 1 N–H and O–H groups in total. The second-order valence-corrected chi connectivity index (χ2v) is 4.11. The molecule has 0 saturated heterocycles. The Bertz CT molecular complexity index is 400. The third kappa shape index (κ3) is 4.66. The molecule has 1 aromatic rings. The Kier molecular flexibility index (Phi) is 5.15. The summed E-state index contributed by atoms with van der Waals surface area (Å²) in [6.45, 7) is 2.31. The summed E-state index contributed by atoms with van der Waals surface area (Å²) in [6.07, 6.45) is -3.98. The van der Waals surface area contributed by atoms with E-state index in [9.17, 15) is 13.2 Å². The van der Waals surface area contributed by atoms with Crippen molar-refractivity contribution in [3.8, 4) is 0 Å². The maximum atomic E-state index is 12.5. The molecule has 0 aliphatic rings. The van der Waals surface area contributed by atoms with Crippen LogP contribution >= 0.6 is 11.6 Å². The van der Waals surface area contributed by atoms with Gasteiger partial charge in [-0.2, -0.15) is 13.2 Å². The first-order valence-corrected chi connectivity index (χ1v) is 5.58. The van der Waals surface area contributed by atoms with E-state index in [2.05, 4.69) is 15.3 Å². The van der Waals surface area contributed by atoms with Crippen LogP contribution in [0.5, 0.6) is 0 Å². The van der Waals surface area contributed by atoms with Crippen LogP contribution in [0.4, 0.5) is 19.0 Å². The monoisotopic (exact) mass is 283 g/mol. The topological polar surface area (TPSA) is 47.0 Å². The van der Waals surface area contributed by atoms with Crippen molar-refractivity contribution in [2.45, 2.75) is 25.6 Å². The number of hydrogen-bond acceptors (Lipinski definition) is 4. The van der Waals surface area contributed by atoms with Crippen LogP contribution in [0.3, 0.4) is 0 Å². The second kappa shape index (κ2) is 6.19. The number of nitrogens with one attached hydrogen (secondary N) is 1. The Balaban J connectivity index is 2.80. The number of rotatable bonds is 5. The third-order valence-electron chi connectivity index (χ3n) is 2.10. The molecule has 0 fully saturated rings. The summed E-state index contributed by atoms with van der Waals surface area (Å²) in [4.78, 5) is 6.52. The van der Waals surface area contributed by atoms with Crippen LogP contribution in [0.15, 0.2) is 6.07 Å². The molecule has 8 heteroatoms. The van der Waals surface area contributed by atoms with Gasteiger partial charge in [0, 0.05) is 25.8 Å². The van der Waals surface area contributed by atoms with Gasteiger partial charge in [-0.15, -0.1) is 0 Å². The molecule has 0 aliphatic heterocycles. The summed E-state index contributed by atoms with van der Waals surface area (Å²) in [5, 5.41) is 2.56. The van der Waals surface area contributed by atoms with Crippen molar-refractivity contribution in [1.82, 2.24) is 9.97 Å². The van der Waals surface area contributed by atoms with Crippen LogP contribution in [0, 0.1) is 0 Å². The van der Waals surface area contributed by atoms with Crippen molar-refractivity contribution in [2.24, 2.45) is 0 Å². The largest absolute Gasteiger partial charge is 0.451 e. The first-order valence-electron chi connectivity index (χ1n) is 5.20. The first-order chi connectivity index (χ1) is 8.32. The van der Waals surface area contributed by atoms with E-state index in [4.69, 9.17) is 16.3 Å². The fourth-order valence-electron chi connectivity index (χ4n) is 1.24. The predicted molar refractivity (Wildman–Crippen MR) is 61.6 cm³/mol.